The van der Waals surface area contributed by atoms with E-state index in [2.05, 4.69) is 16.0 Å². The van der Waals surface area contributed by atoms with E-state index in [4.69, 9.17) is 5.73 Å². The monoisotopic (exact) mass is 191 g/mol. The summed E-state index contributed by atoms with van der Waals surface area (Å²) in [5.41, 5.74) is 5.54. The summed E-state index contributed by atoms with van der Waals surface area (Å²) in [5, 5.41) is 2.04. The van der Waals surface area contributed by atoms with Gasteiger partial charge in [0.1, 0.15) is 11.6 Å². The molecular formula is C9H9N3S. The van der Waals surface area contributed by atoms with Crippen molar-refractivity contribution in [3.8, 4) is 0 Å². The molecule has 0 aliphatic heterocycles. The summed E-state index contributed by atoms with van der Waals surface area (Å²) in [4.78, 5) is 9.51. The second-order valence-corrected chi connectivity index (χ2v) is 3.69. The van der Waals surface area contributed by atoms with Crippen molar-refractivity contribution in [2.45, 2.75) is 6.42 Å². The summed E-state index contributed by atoms with van der Waals surface area (Å²) < 4.78 is 0. The summed E-state index contributed by atoms with van der Waals surface area (Å²) in [5.74, 6) is 1.31. The first-order valence-electron chi connectivity index (χ1n) is 3.94. The van der Waals surface area contributed by atoms with E-state index in [0.717, 1.165) is 12.2 Å². The number of anilines is 1. The lowest BCUT2D eigenvalue weighted by Crippen LogP contribution is -1.98. The van der Waals surface area contributed by atoms with Crippen LogP contribution < -0.4 is 5.73 Å². The summed E-state index contributed by atoms with van der Waals surface area (Å²) in [6.07, 6.45) is 2.45. The minimum absolute atomic E-state index is 0.529. The van der Waals surface area contributed by atoms with Gasteiger partial charge in [0.2, 0.25) is 0 Å². The molecule has 4 heteroatoms. The number of hydrogen-bond acceptors (Lipinski definition) is 4. The van der Waals surface area contributed by atoms with Gasteiger partial charge in [-0.1, -0.05) is 6.07 Å². The van der Waals surface area contributed by atoms with Crippen molar-refractivity contribution in [1.82, 2.24) is 9.97 Å². The quantitative estimate of drug-likeness (QED) is 0.786. The Kier molecular flexibility index (Phi) is 2.23. The van der Waals surface area contributed by atoms with Gasteiger partial charge in [-0.3, -0.25) is 0 Å². The SMILES string of the molecule is Nc1ccnc(Cc2cccs2)n1. The van der Waals surface area contributed by atoms with Crippen molar-refractivity contribution < 1.29 is 0 Å². The number of thiophene rings is 1. The zero-order valence-electron chi connectivity index (χ0n) is 6.97. The van der Waals surface area contributed by atoms with E-state index >= 15 is 0 Å². The molecule has 13 heavy (non-hydrogen) atoms. The second-order valence-electron chi connectivity index (χ2n) is 2.65. The van der Waals surface area contributed by atoms with Crippen LogP contribution in [0.5, 0.6) is 0 Å². The van der Waals surface area contributed by atoms with Crippen molar-refractivity contribution in [3.05, 3.63) is 40.5 Å². The minimum Gasteiger partial charge on any atom is -0.384 e. The van der Waals surface area contributed by atoms with Crippen molar-refractivity contribution in [2.24, 2.45) is 0 Å². The van der Waals surface area contributed by atoms with Gasteiger partial charge in [0.15, 0.2) is 0 Å². The van der Waals surface area contributed by atoms with E-state index in [1.165, 1.54) is 4.88 Å². The molecule has 2 N–H and O–H groups in total. The third-order valence-electron chi connectivity index (χ3n) is 1.64. The number of nitrogens with zero attached hydrogens (tertiary/aromatic N) is 2. The number of nitrogen functional groups attached to an aromatic ring is 1. The van der Waals surface area contributed by atoms with Gasteiger partial charge in [-0.15, -0.1) is 11.3 Å². The number of hydrogen-bond donors (Lipinski definition) is 1. The zero-order valence-corrected chi connectivity index (χ0v) is 7.79. The number of nitrogens with two attached hydrogens (primary N) is 1. The van der Waals surface area contributed by atoms with Crippen molar-refractivity contribution >= 4 is 17.2 Å². The highest BCUT2D eigenvalue weighted by Gasteiger charge is 1.99. The third-order valence-corrected chi connectivity index (χ3v) is 2.52. The van der Waals surface area contributed by atoms with E-state index in [1.54, 1.807) is 23.6 Å². The van der Waals surface area contributed by atoms with E-state index in [-0.39, 0.29) is 0 Å². The molecule has 0 aliphatic rings. The van der Waals surface area contributed by atoms with Gasteiger partial charge >= 0.3 is 0 Å². The highest BCUT2D eigenvalue weighted by atomic mass is 32.1. The lowest BCUT2D eigenvalue weighted by atomic mass is 10.3. The van der Waals surface area contributed by atoms with Crippen LogP contribution in [0.2, 0.25) is 0 Å². The lowest BCUT2D eigenvalue weighted by molar-refractivity contribution is 0.987. The molecular weight excluding hydrogens is 182 g/mol. The largest absolute Gasteiger partial charge is 0.384 e. The molecule has 0 aromatic carbocycles. The fourth-order valence-corrected chi connectivity index (χ4v) is 1.77. The zero-order chi connectivity index (χ0) is 9.10. The van der Waals surface area contributed by atoms with Gasteiger partial charge < -0.3 is 5.73 Å². The third kappa shape index (κ3) is 2.03. The standard InChI is InChI=1S/C9H9N3S/c10-8-3-4-11-9(12-8)6-7-2-1-5-13-7/h1-5H,6H2,(H2,10,11,12). The maximum Gasteiger partial charge on any atom is 0.135 e. The van der Waals surface area contributed by atoms with Gasteiger partial charge in [-0.2, -0.15) is 0 Å². The van der Waals surface area contributed by atoms with Crippen LogP contribution in [-0.4, -0.2) is 9.97 Å². The maximum absolute atomic E-state index is 5.54. The Labute approximate surface area is 80.3 Å². The molecule has 0 saturated heterocycles. The summed E-state index contributed by atoms with van der Waals surface area (Å²) in [6, 6.07) is 5.78. The van der Waals surface area contributed by atoms with E-state index < -0.39 is 0 Å². The van der Waals surface area contributed by atoms with Crippen LogP contribution in [0.15, 0.2) is 29.8 Å². The molecule has 0 atom stereocenters. The molecule has 0 aliphatic carbocycles. The van der Waals surface area contributed by atoms with Crippen LogP contribution in [0.3, 0.4) is 0 Å². The van der Waals surface area contributed by atoms with Gasteiger partial charge in [-0.05, 0) is 17.5 Å². The summed E-state index contributed by atoms with van der Waals surface area (Å²) in [7, 11) is 0. The van der Waals surface area contributed by atoms with Crippen molar-refractivity contribution in [2.75, 3.05) is 5.73 Å². The van der Waals surface area contributed by atoms with Crippen molar-refractivity contribution in [3.63, 3.8) is 0 Å². The molecule has 2 aromatic rings. The molecule has 0 fully saturated rings. The maximum atomic E-state index is 5.54. The smallest absolute Gasteiger partial charge is 0.135 e. The van der Waals surface area contributed by atoms with Gasteiger partial charge in [0, 0.05) is 17.5 Å². The Hall–Kier alpha value is -1.42. The van der Waals surface area contributed by atoms with E-state index in [0.29, 0.717) is 5.82 Å². The topological polar surface area (TPSA) is 51.8 Å². The normalized spacial score (nSPS) is 10.2. The molecule has 2 rings (SSSR count). The van der Waals surface area contributed by atoms with Gasteiger partial charge in [0.05, 0.1) is 0 Å². The molecule has 0 spiro atoms. The molecule has 2 heterocycles. The minimum atomic E-state index is 0.529. The number of aromatic nitrogens is 2. The lowest BCUT2D eigenvalue weighted by Gasteiger charge is -1.97. The fourth-order valence-electron chi connectivity index (χ4n) is 1.07. The van der Waals surface area contributed by atoms with E-state index in [1.807, 2.05) is 11.4 Å². The Morgan fingerprint density at radius 1 is 1.38 bits per heavy atom. The van der Waals surface area contributed by atoms with E-state index in [9.17, 15) is 0 Å². The molecule has 3 nitrogen and oxygen atoms in total. The first-order valence-corrected chi connectivity index (χ1v) is 4.82. The summed E-state index contributed by atoms with van der Waals surface area (Å²) >= 11 is 1.70. The fraction of sp³-hybridized carbons (Fsp3) is 0.111. The first kappa shape index (κ1) is 8.19. The average Bonchev–Trinajstić information content (AvgIpc) is 2.57. The molecule has 2 aromatic heterocycles. The predicted molar refractivity (Wildman–Crippen MR) is 53.6 cm³/mol. The van der Waals surface area contributed by atoms with Crippen LogP contribution in [0.1, 0.15) is 10.7 Å². The molecule has 0 saturated carbocycles. The van der Waals surface area contributed by atoms with Crippen LogP contribution >= 0.6 is 11.3 Å². The molecule has 0 unspecified atom stereocenters. The molecule has 66 valence electrons. The predicted octanol–water partition coefficient (Wildman–Crippen LogP) is 1.71. The summed E-state index contributed by atoms with van der Waals surface area (Å²) in [6.45, 7) is 0. The van der Waals surface area contributed by atoms with Crippen LogP contribution in [-0.2, 0) is 6.42 Å². The van der Waals surface area contributed by atoms with Crippen molar-refractivity contribution in [1.29, 1.82) is 0 Å². The van der Waals surface area contributed by atoms with Crippen LogP contribution in [0.4, 0.5) is 5.82 Å². The average molecular weight is 191 g/mol. The first-order chi connectivity index (χ1) is 6.34. The Morgan fingerprint density at radius 2 is 2.31 bits per heavy atom. The van der Waals surface area contributed by atoms with Gasteiger partial charge in [0.25, 0.3) is 0 Å². The Balaban J connectivity index is 2.19. The highest BCUT2D eigenvalue weighted by molar-refractivity contribution is 7.09. The van der Waals surface area contributed by atoms with Gasteiger partial charge in [-0.25, -0.2) is 9.97 Å². The van der Waals surface area contributed by atoms with Crippen LogP contribution in [0, 0.1) is 0 Å². The molecule has 0 radical (unpaired) electrons. The number of rotatable bonds is 2. The Morgan fingerprint density at radius 3 is 3.00 bits per heavy atom. The second kappa shape index (κ2) is 3.53. The Bertz CT molecular complexity index is 384. The highest BCUT2D eigenvalue weighted by Crippen LogP contribution is 2.12. The molecule has 0 amide bonds. The molecule has 0 bridgehead atoms. The van der Waals surface area contributed by atoms with Crippen LogP contribution in [0.25, 0.3) is 0 Å².